The number of carbonyl (C=O) groups excluding carboxylic acids is 2. The summed E-state index contributed by atoms with van der Waals surface area (Å²) in [5.74, 6) is -0.980. The molecule has 0 bridgehead atoms. The summed E-state index contributed by atoms with van der Waals surface area (Å²) in [5, 5.41) is 2.75. The topological polar surface area (TPSA) is 67.9 Å². The maximum atomic E-state index is 12.3. The molecule has 6 nitrogen and oxygen atoms in total. The standard InChI is InChI=1S/C16H19BrN2O4/c17-12-3-1-2-4-13(12)18-14(20)11-15(21)19-7-5-16(6-8-19)22-9-10-23-16/h1-4H,5-11H2,(H,18,20). The molecule has 2 heterocycles. The van der Waals surface area contributed by atoms with Gasteiger partial charge in [0, 0.05) is 30.4 Å². The maximum Gasteiger partial charge on any atom is 0.233 e. The van der Waals surface area contributed by atoms with Crippen LogP contribution in [0.5, 0.6) is 0 Å². The summed E-state index contributed by atoms with van der Waals surface area (Å²) in [4.78, 5) is 26.0. The van der Waals surface area contributed by atoms with Crippen LogP contribution < -0.4 is 5.32 Å². The highest BCUT2D eigenvalue weighted by Crippen LogP contribution is 2.31. The van der Waals surface area contributed by atoms with Crippen LogP contribution in [-0.2, 0) is 19.1 Å². The number of halogens is 1. The van der Waals surface area contributed by atoms with Gasteiger partial charge in [-0.2, -0.15) is 0 Å². The van der Waals surface area contributed by atoms with Gasteiger partial charge in [-0.05, 0) is 28.1 Å². The fourth-order valence-electron chi connectivity index (χ4n) is 2.89. The van der Waals surface area contributed by atoms with Gasteiger partial charge in [0.15, 0.2) is 5.79 Å². The summed E-state index contributed by atoms with van der Waals surface area (Å²) >= 11 is 3.36. The Kier molecular flexibility index (Phi) is 4.99. The molecule has 0 atom stereocenters. The van der Waals surface area contributed by atoms with Crippen LogP contribution in [0.3, 0.4) is 0 Å². The summed E-state index contributed by atoms with van der Waals surface area (Å²) in [6.45, 7) is 2.34. The van der Waals surface area contributed by atoms with Gasteiger partial charge in [0.25, 0.3) is 0 Å². The number of nitrogens with zero attached hydrogens (tertiary/aromatic N) is 1. The van der Waals surface area contributed by atoms with Gasteiger partial charge in [-0.3, -0.25) is 9.59 Å². The van der Waals surface area contributed by atoms with Crippen molar-refractivity contribution in [1.29, 1.82) is 0 Å². The molecule has 0 aromatic heterocycles. The molecule has 2 aliphatic rings. The number of piperidine rings is 1. The Morgan fingerprint density at radius 2 is 1.83 bits per heavy atom. The van der Waals surface area contributed by atoms with Crippen LogP contribution >= 0.6 is 15.9 Å². The van der Waals surface area contributed by atoms with E-state index in [-0.39, 0.29) is 18.2 Å². The van der Waals surface area contributed by atoms with Crippen molar-refractivity contribution < 1.29 is 19.1 Å². The molecule has 1 spiro atoms. The minimum absolute atomic E-state index is 0.157. The van der Waals surface area contributed by atoms with E-state index < -0.39 is 5.79 Å². The molecule has 23 heavy (non-hydrogen) atoms. The molecule has 7 heteroatoms. The molecule has 0 radical (unpaired) electrons. The third-order valence-corrected chi connectivity index (χ3v) is 4.84. The number of para-hydroxylation sites is 1. The molecule has 124 valence electrons. The molecule has 1 aromatic rings. The molecular formula is C16H19BrN2O4. The van der Waals surface area contributed by atoms with Crippen LogP contribution in [0.25, 0.3) is 0 Å². The van der Waals surface area contributed by atoms with Gasteiger partial charge in [0.05, 0.1) is 18.9 Å². The predicted molar refractivity (Wildman–Crippen MR) is 87.8 cm³/mol. The van der Waals surface area contributed by atoms with Gasteiger partial charge in [-0.15, -0.1) is 0 Å². The second-order valence-electron chi connectivity index (χ2n) is 5.69. The SMILES string of the molecule is O=C(CC(=O)N1CCC2(CC1)OCCO2)Nc1ccccc1Br. The normalized spacial score (nSPS) is 19.8. The Morgan fingerprint density at radius 3 is 2.48 bits per heavy atom. The molecule has 0 unspecified atom stereocenters. The molecule has 0 aliphatic carbocycles. The zero-order valence-corrected chi connectivity index (χ0v) is 14.3. The van der Waals surface area contributed by atoms with Crippen molar-refractivity contribution in [2.75, 3.05) is 31.6 Å². The average Bonchev–Trinajstić information content (AvgIpc) is 2.98. The summed E-state index contributed by atoms with van der Waals surface area (Å²) in [5.41, 5.74) is 0.663. The fraction of sp³-hybridized carbons (Fsp3) is 0.500. The molecule has 2 aliphatic heterocycles. The summed E-state index contributed by atoms with van der Waals surface area (Å²) in [6, 6.07) is 7.31. The molecular weight excluding hydrogens is 364 g/mol. The first-order valence-corrected chi connectivity index (χ1v) is 8.47. The Labute approximate surface area is 143 Å². The van der Waals surface area contributed by atoms with Gasteiger partial charge in [0.1, 0.15) is 6.42 Å². The number of nitrogens with one attached hydrogen (secondary N) is 1. The third-order valence-electron chi connectivity index (χ3n) is 4.15. The minimum atomic E-state index is -0.506. The van der Waals surface area contributed by atoms with Crippen LogP contribution in [0.1, 0.15) is 19.3 Å². The first kappa shape index (κ1) is 16.4. The third kappa shape index (κ3) is 3.91. The van der Waals surface area contributed by atoms with Crippen molar-refractivity contribution in [2.45, 2.75) is 25.0 Å². The number of carbonyl (C=O) groups is 2. The lowest BCUT2D eigenvalue weighted by Crippen LogP contribution is -2.47. The number of anilines is 1. The largest absolute Gasteiger partial charge is 0.347 e. The highest BCUT2D eigenvalue weighted by Gasteiger charge is 2.40. The molecule has 2 saturated heterocycles. The summed E-state index contributed by atoms with van der Waals surface area (Å²) < 4.78 is 12.1. The van der Waals surface area contributed by atoms with E-state index in [0.29, 0.717) is 44.8 Å². The number of rotatable bonds is 3. The lowest BCUT2D eigenvalue weighted by Gasteiger charge is -2.37. The number of amides is 2. The van der Waals surface area contributed by atoms with E-state index in [4.69, 9.17) is 9.47 Å². The quantitative estimate of drug-likeness (QED) is 0.813. The van der Waals surface area contributed by atoms with Gasteiger partial charge < -0.3 is 19.7 Å². The smallest absolute Gasteiger partial charge is 0.233 e. The molecule has 1 N–H and O–H groups in total. The fourth-order valence-corrected chi connectivity index (χ4v) is 3.27. The van der Waals surface area contributed by atoms with Crippen molar-refractivity contribution in [1.82, 2.24) is 4.90 Å². The molecule has 2 fully saturated rings. The van der Waals surface area contributed by atoms with Crippen LogP contribution in [0, 0.1) is 0 Å². The minimum Gasteiger partial charge on any atom is -0.347 e. The number of benzene rings is 1. The average molecular weight is 383 g/mol. The Hall–Kier alpha value is -1.44. The van der Waals surface area contributed by atoms with Crippen molar-refractivity contribution in [2.24, 2.45) is 0 Å². The van der Waals surface area contributed by atoms with E-state index in [1.54, 1.807) is 11.0 Å². The van der Waals surface area contributed by atoms with E-state index >= 15 is 0 Å². The Balaban J connectivity index is 1.49. The highest BCUT2D eigenvalue weighted by atomic mass is 79.9. The summed E-state index contributed by atoms with van der Waals surface area (Å²) in [7, 11) is 0. The zero-order valence-electron chi connectivity index (χ0n) is 12.7. The van der Waals surface area contributed by atoms with Crippen LogP contribution in [0.4, 0.5) is 5.69 Å². The first-order chi connectivity index (χ1) is 11.1. The highest BCUT2D eigenvalue weighted by molar-refractivity contribution is 9.10. The van der Waals surface area contributed by atoms with E-state index in [1.807, 2.05) is 18.2 Å². The second-order valence-corrected chi connectivity index (χ2v) is 6.55. The zero-order chi connectivity index (χ0) is 16.3. The molecule has 1 aromatic carbocycles. The van der Waals surface area contributed by atoms with E-state index in [0.717, 1.165) is 4.47 Å². The van der Waals surface area contributed by atoms with Crippen LogP contribution in [0.15, 0.2) is 28.7 Å². The lowest BCUT2D eigenvalue weighted by atomic mass is 10.0. The van der Waals surface area contributed by atoms with Gasteiger partial charge >= 0.3 is 0 Å². The Bertz CT molecular complexity index is 591. The van der Waals surface area contributed by atoms with Gasteiger partial charge in [-0.25, -0.2) is 0 Å². The number of hydrogen-bond donors (Lipinski definition) is 1. The van der Waals surface area contributed by atoms with Crippen molar-refractivity contribution in [3.8, 4) is 0 Å². The van der Waals surface area contributed by atoms with Crippen molar-refractivity contribution in [3.05, 3.63) is 28.7 Å². The van der Waals surface area contributed by atoms with Gasteiger partial charge in [0.2, 0.25) is 11.8 Å². The Morgan fingerprint density at radius 1 is 1.17 bits per heavy atom. The molecule has 2 amide bonds. The number of likely N-dealkylation sites (tertiary alicyclic amines) is 1. The molecule has 3 rings (SSSR count). The van der Waals surface area contributed by atoms with Crippen molar-refractivity contribution in [3.63, 3.8) is 0 Å². The monoisotopic (exact) mass is 382 g/mol. The van der Waals surface area contributed by atoms with Crippen molar-refractivity contribution >= 4 is 33.4 Å². The summed E-state index contributed by atoms with van der Waals surface area (Å²) in [6.07, 6.45) is 1.16. The van der Waals surface area contributed by atoms with Crippen LogP contribution in [0.2, 0.25) is 0 Å². The second kappa shape index (κ2) is 6.98. The number of hydrogen-bond acceptors (Lipinski definition) is 4. The maximum absolute atomic E-state index is 12.3. The first-order valence-electron chi connectivity index (χ1n) is 7.68. The van der Waals surface area contributed by atoms with Crippen LogP contribution in [-0.4, -0.2) is 48.8 Å². The van der Waals surface area contributed by atoms with Gasteiger partial charge in [-0.1, -0.05) is 12.1 Å². The predicted octanol–water partition coefficient (Wildman–Crippen LogP) is 2.14. The van der Waals surface area contributed by atoms with E-state index in [2.05, 4.69) is 21.2 Å². The molecule has 0 saturated carbocycles. The number of ether oxygens (including phenoxy) is 2. The van der Waals surface area contributed by atoms with E-state index in [9.17, 15) is 9.59 Å². The lowest BCUT2D eigenvalue weighted by molar-refractivity contribution is -0.187. The van der Waals surface area contributed by atoms with E-state index in [1.165, 1.54) is 0 Å².